The van der Waals surface area contributed by atoms with E-state index in [1.165, 1.54) is 12.1 Å². The van der Waals surface area contributed by atoms with Crippen LogP contribution in [-0.4, -0.2) is 15.9 Å². The van der Waals surface area contributed by atoms with Crippen molar-refractivity contribution in [1.29, 1.82) is 0 Å². The molecule has 0 aliphatic carbocycles. The number of halogens is 2. The van der Waals surface area contributed by atoms with E-state index in [1.807, 2.05) is 54.2 Å². The van der Waals surface area contributed by atoms with Crippen molar-refractivity contribution in [1.82, 2.24) is 15.3 Å². The molecule has 1 amide bonds. The molecule has 0 saturated carbocycles. The number of carbonyl (C=O) groups is 1. The van der Waals surface area contributed by atoms with Gasteiger partial charge in [-0.25, -0.2) is 8.78 Å². The van der Waals surface area contributed by atoms with E-state index in [2.05, 4.69) is 21.4 Å². The van der Waals surface area contributed by atoms with Crippen molar-refractivity contribution in [3.63, 3.8) is 0 Å². The second-order valence-electron chi connectivity index (χ2n) is 8.59. The van der Waals surface area contributed by atoms with E-state index in [0.717, 1.165) is 39.2 Å². The molecule has 5 aromatic rings. The van der Waals surface area contributed by atoms with Gasteiger partial charge < -0.3 is 10.3 Å². The number of amides is 1. The monoisotopic (exact) mass is 487 g/mol. The number of nitrogens with one attached hydrogen (secondary N) is 2. The number of carbonyl (C=O) groups excluding carboxylic acids is 1. The summed E-state index contributed by atoms with van der Waals surface area (Å²) in [7, 11) is 0. The van der Waals surface area contributed by atoms with Gasteiger partial charge in [0.1, 0.15) is 11.6 Å². The van der Waals surface area contributed by atoms with Crippen LogP contribution in [0.1, 0.15) is 28.4 Å². The highest BCUT2D eigenvalue weighted by molar-refractivity contribution is 7.08. The Morgan fingerprint density at radius 1 is 1.11 bits per heavy atom. The highest BCUT2D eigenvalue weighted by Crippen LogP contribution is 2.30. The van der Waals surface area contributed by atoms with Crippen molar-refractivity contribution >= 4 is 28.1 Å². The zero-order valence-electron chi connectivity index (χ0n) is 19.0. The fourth-order valence-corrected chi connectivity index (χ4v) is 5.05. The van der Waals surface area contributed by atoms with Gasteiger partial charge in [0.2, 0.25) is 5.91 Å². The lowest BCUT2D eigenvalue weighted by atomic mass is 9.96. The van der Waals surface area contributed by atoms with Gasteiger partial charge >= 0.3 is 0 Å². The van der Waals surface area contributed by atoms with E-state index < -0.39 is 17.7 Å². The average Bonchev–Trinajstić information content (AvgIpc) is 3.49. The van der Waals surface area contributed by atoms with Gasteiger partial charge in [-0.15, -0.1) is 0 Å². The number of aromatic amines is 1. The lowest BCUT2D eigenvalue weighted by Gasteiger charge is -2.21. The van der Waals surface area contributed by atoms with Crippen LogP contribution in [0, 0.1) is 18.6 Å². The minimum Gasteiger partial charge on any atom is -0.361 e. The Morgan fingerprint density at radius 2 is 1.94 bits per heavy atom. The molecular formula is C28H23F2N3OS. The van der Waals surface area contributed by atoms with Crippen LogP contribution in [0.4, 0.5) is 8.78 Å². The van der Waals surface area contributed by atoms with E-state index in [0.29, 0.717) is 11.3 Å². The van der Waals surface area contributed by atoms with Crippen molar-refractivity contribution in [3.8, 4) is 11.1 Å². The van der Waals surface area contributed by atoms with E-state index in [9.17, 15) is 13.6 Å². The lowest BCUT2D eigenvalue weighted by Crippen LogP contribution is -2.32. The fourth-order valence-electron chi connectivity index (χ4n) is 4.39. The summed E-state index contributed by atoms with van der Waals surface area (Å²) < 4.78 is 27.9. The number of pyridine rings is 1. The molecule has 2 N–H and O–H groups in total. The number of H-pyrrole nitrogens is 1. The summed E-state index contributed by atoms with van der Waals surface area (Å²) in [6.45, 7) is 2.01. The first-order valence-corrected chi connectivity index (χ1v) is 12.2. The number of aromatic nitrogens is 2. The smallest absolute Gasteiger partial charge is 0.225 e. The van der Waals surface area contributed by atoms with Crippen molar-refractivity contribution < 1.29 is 13.6 Å². The average molecular weight is 488 g/mol. The summed E-state index contributed by atoms with van der Waals surface area (Å²) in [6.07, 6.45) is 3.87. The highest BCUT2D eigenvalue weighted by atomic mass is 32.1. The second kappa shape index (κ2) is 9.80. The van der Waals surface area contributed by atoms with Gasteiger partial charge in [0, 0.05) is 34.9 Å². The molecule has 3 aromatic heterocycles. The Hall–Kier alpha value is -3.84. The maximum atomic E-state index is 13.9. The normalized spacial score (nSPS) is 12.1. The first-order chi connectivity index (χ1) is 17.0. The third-order valence-electron chi connectivity index (χ3n) is 5.97. The van der Waals surface area contributed by atoms with Gasteiger partial charge in [-0.05, 0) is 77.2 Å². The number of hydrogen-bond acceptors (Lipinski definition) is 3. The SMILES string of the molecule is Cc1ccc2[nH]cc(CC(=O)N[C@@H](Cc3cc(F)cc(F)c3)c3ncccc3-c3ccsc3)c2c1. The number of hydrogen-bond donors (Lipinski definition) is 2. The maximum absolute atomic E-state index is 13.9. The Labute approximate surface area is 205 Å². The van der Waals surface area contributed by atoms with Crippen LogP contribution in [0.25, 0.3) is 22.0 Å². The molecule has 0 radical (unpaired) electrons. The molecular weight excluding hydrogens is 464 g/mol. The first kappa shape index (κ1) is 22.9. The third kappa shape index (κ3) is 5.15. The summed E-state index contributed by atoms with van der Waals surface area (Å²) in [6, 6.07) is 14.7. The van der Waals surface area contributed by atoms with Gasteiger partial charge in [-0.1, -0.05) is 17.7 Å². The molecule has 2 aromatic carbocycles. The topological polar surface area (TPSA) is 57.8 Å². The number of fused-ring (bicyclic) bond motifs is 1. The molecule has 176 valence electrons. The van der Waals surface area contributed by atoms with Crippen LogP contribution >= 0.6 is 11.3 Å². The third-order valence-corrected chi connectivity index (χ3v) is 6.66. The molecule has 0 fully saturated rings. The molecule has 3 heterocycles. The standard InChI is InChI=1S/C28H23F2N3OS/c1-17-4-5-25-24(9-17)20(15-32-25)13-27(34)33-26(12-18-10-21(29)14-22(30)11-18)28-23(3-2-7-31-28)19-6-8-35-16-19/h2-11,14-16,26,32H,12-13H2,1H3,(H,33,34)/t26-/m0/s1. The molecule has 0 bridgehead atoms. The number of benzene rings is 2. The molecule has 0 aliphatic rings. The van der Waals surface area contributed by atoms with Crippen molar-refractivity contribution in [2.24, 2.45) is 0 Å². The maximum Gasteiger partial charge on any atom is 0.225 e. The van der Waals surface area contributed by atoms with E-state index >= 15 is 0 Å². The minimum absolute atomic E-state index is 0.165. The Kier molecular flexibility index (Phi) is 6.42. The molecule has 0 saturated heterocycles. The molecule has 0 spiro atoms. The summed E-state index contributed by atoms with van der Waals surface area (Å²) in [5.41, 5.74) is 5.91. The van der Waals surface area contributed by atoms with E-state index in [-0.39, 0.29) is 18.7 Å². The Bertz CT molecular complexity index is 1470. The van der Waals surface area contributed by atoms with Gasteiger partial charge in [0.15, 0.2) is 0 Å². The van der Waals surface area contributed by atoms with Gasteiger partial charge in [0.25, 0.3) is 0 Å². The van der Waals surface area contributed by atoms with Crippen LogP contribution in [0.15, 0.2) is 77.8 Å². The van der Waals surface area contributed by atoms with Crippen LogP contribution in [-0.2, 0) is 17.6 Å². The van der Waals surface area contributed by atoms with Crippen LogP contribution in [0.2, 0.25) is 0 Å². The van der Waals surface area contributed by atoms with Gasteiger partial charge in [-0.3, -0.25) is 9.78 Å². The van der Waals surface area contributed by atoms with Crippen molar-refractivity contribution in [2.45, 2.75) is 25.8 Å². The number of aryl methyl sites for hydroxylation is 1. The van der Waals surface area contributed by atoms with Crippen molar-refractivity contribution in [2.75, 3.05) is 0 Å². The quantitative estimate of drug-likeness (QED) is 0.275. The summed E-state index contributed by atoms with van der Waals surface area (Å²) in [5.74, 6) is -1.51. The minimum atomic E-state index is -0.654. The van der Waals surface area contributed by atoms with Crippen molar-refractivity contribution in [3.05, 3.63) is 112 Å². The molecule has 5 rings (SSSR count). The zero-order valence-corrected chi connectivity index (χ0v) is 19.8. The molecule has 7 heteroatoms. The van der Waals surface area contributed by atoms with Crippen LogP contribution in [0.5, 0.6) is 0 Å². The largest absolute Gasteiger partial charge is 0.361 e. The summed E-state index contributed by atoms with van der Waals surface area (Å²) in [5, 5.41) is 8.07. The highest BCUT2D eigenvalue weighted by Gasteiger charge is 2.22. The van der Waals surface area contributed by atoms with E-state index in [4.69, 9.17) is 0 Å². The summed E-state index contributed by atoms with van der Waals surface area (Å²) in [4.78, 5) is 21.0. The van der Waals surface area contributed by atoms with Gasteiger partial charge in [0.05, 0.1) is 18.2 Å². The van der Waals surface area contributed by atoms with Gasteiger partial charge in [-0.2, -0.15) is 11.3 Å². The number of thiophene rings is 1. The fraction of sp³-hybridized carbons (Fsp3) is 0.143. The Morgan fingerprint density at radius 3 is 2.71 bits per heavy atom. The molecule has 1 atom stereocenters. The van der Waals surface area contributed by atoms with E-state index in [1.54, 1.807) is 17.5 Å². The molecule has 0 aliphatic heterocycles. The van der Waals surface area contributed by atoms with Crippen LogP contribution < -0.4 is 5.32 Å². The number of rotatable bonds is 7. The molecule has 0 unspecified atom stereocenters. The van der Waals surface area contributed by atoms with Crippen LogP contribution in [0.3, 0.4) is 0 Å². The predicted molar refractivity (Wildman–Crippen MR) is 135 cm³/mol. The predicted octanol–water partition coefficient (Wildman–Crippen LogP) is 6.52. The summed E-state index contributed by atoms with van der Waals surface area (Å²) >= 11 is 1.56. The molecule has 35 heavy (non-hydrogen) atoms. The zero-order chi connectivity index (χ0) is 24.4. The molecule has 4 nitrogen and oxygen atoms in total. The second-order valence-corrected chi connectivity index (χ2v) is 9.37. The first-order valence-electron chi connectivity index (χ1n) is 11.2. The Balaban J connectivity index is 1.48. The lowest BCUT2D eigenvalue weighted by molar-refractivity contribution is -0.121. The number of nitrogens with zero attached hydrogens (tertiary/aromatic N) is 1.